The molecule has 4 aromatic rings. The number of H-pyrrole nitrogens is 1. The number of nitrogens with one attached hydrogen (secondary N) is 1. The summed E-state index contributed by atoms with van der Waals surface area (Å²) in [5.74, 6) is 1.13. The van der Waals surface area contributed by atoms with Crippen LogP contribution >= 0.6 is 0 Å². The number of rotatable bonds is 9. The van der Waals surface area contributed by atoms with E-state index in [2.05, 4.69) is 51.3 Å². The first-order valence-electron chi connectivity index (χ1n) is 13.8. The third-order valence-electron chi connectivity index (χ3n) is 7.84. The van der Waals surface area contributed by atoms with Crippen molar-refractivity contribution in [1.29, 1.82) is 0 Å². The lowest BCUT2D eigenvalue weighted by atomic mass is 9.92. The van der Waals surface area contributed by atoms with Crippen LogP contribution in [0.2, 0.25) is 0 Å². The fourth-order valence-electron chi connectivity index (χ4n) is 5.76. The number of hydrogen-bond acceptors (Lipinski definition) is 5. The van der Waals surface area contributed by atoms with Gasteiger partial charge in [0.25, 0.3) is 0 Å². The summed E-state index contributed by atoms with van der Waals surface area (Å²) in [7, 11) is 0. The second kappa shape index (κ2) is 11.7. The normalized spacial score (nSPS) is 18.1. The van der Waals surface area contributed by atoms with E-state index in [0.717, 1.165) is 60.2 Å². The van der Waals surface area contributed by atoms with E-state index in [1.165, 1.54) is 25.7 Å². The summed E-state index contributed by atoms with van der Waals surface area (Å²) in [5, 5.41) is 14.5. The van der Waals surface area contributed by atoms with E-state index >= 15 is 0 Å². The zero-order chi connectivity index (χ0) is 25.6. The Balaban J connectivity index is 1.44. The summed E-state index contributed by atoms with van der Waals surface area (Å²) in [5.41, 5.74) is 4.99. The van der Waals surface area contributed by atoms with Gasteiger partial charge >= 0.3 is 5.69 Å². The molecule has 1 aliphatic rings. The van der Waals surface area contributed by atoms with Gasteiger partial charge in [0.2, 0.25) is 5.82 Å². The highest BCUT2D eigenvalue weighted by atomic mass is 16.1. The summed E-state index contributed by atoms with van der Waals surface area (Å²) in [6, 6.07) is 12.4. The molecule has 0 bridgehead atoms. The molecule has 0 amide bonds. The van der Waals surface area contributed by atoms with Crippen molar-refractivity contribution in [1.82, 2.24) is 34.7 Å². The lowest BCUT2D eigenvalue weighted by Gasteiger charge is -2.24. The fourth-order valence-corrected chi connectivity index (χ4v) is 5.76. The fraction of sp³-hybridized carbons (Fsp3) is 0.483. The van der Waals surface area contributed by atoms with Crippen molar-refractivity contribution in [3.63, 3.8) is 0 Å². The first-order chi connectivity index (χ1) is 18.2. The average Bonchev–Trinajstić information content (AvgIpc) is 3.50. The molecule has 3 heterocycles. The number of pyridine rings is 1. The minimum atomic E-state index is 0.116. The topological polar surface area (TPSA) is 94.3 Å². The second-order valence-corrected chi connectivity index (χ2v) is 10.2. The largest absolute Gasteiger partial charge is 0.328 e. The van der Waals surface area contributed by atoms with Crippen LogP contribution in [0.15, 0.2) is 53.6 Å². The van der Waals surface area contributed by atoms with Crippen LogP contribution in [0, 0.1) is 5.92 Å². The Kier molecular flexibility index (Phi) is 7.92. The Labute approximate surface area is 218 Å². The summed E-state index contributed by atoms with van der Waals surface area (Å²) < 4.78 is 4.03. The summed E-state index contributed by atoms with van der Waals surface area (Å²) in [6.45, 7) is 4.96. The molecule has 1 fully saturated rings. The van der Waals surface area contributed by atoms with E-state index in [-0.39, 0.29) is 5.69 Å². The molecular formula is C29H37N7O. The molecule has 0 saturated heterocycles. The van der Waals surface area contributed by atoms with Crippen LogP contribution in [-0.4, -0.2) is 34.7 Å². The van der Waals surface area contributed by atoms with Gasteiger partial charge in [-0.25, -0.2) is 4.79 Å². The minimum Gasteiger partial charge on any atom is -0.296 e. The number of benzene rings is 1. The van der Waals surface area contributed by atoms with Crippen LogP contribution in [-0.2, 0) is 13.0 Å². The van der Waals surface area contributed by atoms with Gasteiger partial charge < -0.3 is 0 Å². The first kappa shape index (κ1) is 25.1. The van der Waals surface area contributed by atoms with Gasteiger partial charge in [-0.05, 0) is 48.4 Å². The maximum atomic E-state index is 13.8. The van der Waals surface area contributed by atoms with Gasteiger partial charge in [0.1, 0.15) is 0 Å². The monoisotopic (exact) mass is 499 g/mol. The number of imidazole rings is 1. The average molecular weight is 500 g/mol. The highest BCUT2D eigenvalue weighted by Crippen LogP contribution is 2.34. The number of tetrazole rings is 1. The molecule has 3 aromatic heterocycles. The lowest BCUT2D eigenvalue weighted by Crippen LogP contribution is -2.31. The van der Waals surface area contributed by atoms with Crippen molar-refractivity contribution in [2.45, 2.75) is 84.2 Å². The summed E-state index contributed by atoms with van der Waals surface area (Å²) in [4.78, 5) is 18.5. The van der Waals surface area contributed by atoms with E-state index in [1.54, 1.807) is 0 Å². The molecule has 0 aliphatic heterocycles. The highest BCUT2D eigenvalue weighted by molar-refractivity contribution is 5.79. The predicted octanol–water partition coefficient (Wildman–Crippen LogP) is 5.81. The number of aryl methyl sites for hydroxylation is 1. The molecule has 0 radical (unpaired) electrons. The Morgan fingerprint density at radius 2 is 1.86 bits per heavy atom. The van der Waals surface area contributed by atoms with Gasteiger partial charge in [0.15, 0.2) is 0 Å². The smallest absolute Gasteiger partial charge is 0.296 e. The molecular weight excluding hydrogens is 462 g/mol. The van der Waals surface area contributed by atoms with Crippen molar-refractivity contribution in [2.75, 3.05) is 0 Å². The number of unbranched alkanes of at least 4 members (excludes halogenated alkanes) is 1. The minimum absolute atomic E-state index is 0.116. The number of aromatic nitrogens is 7. The van der Waals surface area contributed by atoms with Gasteiger partial charge in [-0.3, -0.25) is 14.1 Å². The Bertz CT molecular complexity index is 1340. The SMILES string of the molecule is CCCCc1cn(C2CCCCCC2CC)c(=O)n1Cc1ccc(-c2ccccc2-c2nn[nH]n2)cn1. The van der Waals surface area contributed by atoms with E-state index in [1.807, 2.05) is 41.1 Å². The molecule has 1 aliphatic carbocycles. The van der Waals surface area contributed by atoms with E-state index in [4.69, 9.17) is 4.98 Å². The van der Waals surface area contributed by atoms with Gasteiger partial charge in [-0.15, -0.1) is 10.2 Å². The van der Waals surface area contributed by atoms with Crippen molar-refractivity contribution in [3.8, 4) is 22.5 Å². The quantitative estimate of drug-likeness (QED) is 0.293. The molecule has 8 nitrogen and oxygen atoms in total. The third kappa shape index (κ3) is 5.43. The van der Waals surface area contributed by atoms with E-state index in [0.29, 0.717) is 24.3 Å². The number of nitrogens with zero attached hydrogens (tertiary/aromatic N) is 6. The summed E-state index contributed by atoms with van der Waals surface area (Å²) in [6.07, 6.45) is 14.3. The highest BCUT2D eigenvalue weighted by Gasteiger charge is 2.27. The van der Waals surface area contributed by atoms with Crippen molar-refractivity contribution >= 4 is 0 Å². The Morgan fingerprint density at radius 1 is 1.03 bits per heavy atom. The zero-order valence-electron chi connectivity index (χ0n) is 21.9. The maximum Gasteiger partial charge on any atom is 0.328 e. The number of hydrogen-bond donors (Lipinski definition) is 1. The van der Waals surface area contributed by atoms with Crippen LogP contribution in [0.5, 0.6) is 0 Å². The van der Waals surface area contributed by atoms with Crippen LogP contribution in [0.1, 0.15) is 82.6 Å². The molecule has 2 unspecified atom stereocenters. The van der Waals surface area contributed by atoms with Gasteiger partial charge in [0, 0.05) is 35.3 Å². The van der Waals surface area contributed by atoms with E-state index in [9.17, 15) is 4.79 Å². The van der Waals surface area contributed by atoms with Crippen LogP contribution < -0.4 is 5.69 Å². The van der Waals surface area contributed by atoms with Crippen LogP contribution in [0.4, 0.5) is 0 Å². The molecule has 0 spiro atoms. The lowest BCUT2D eigenvalue weighted by molar-refractivity contribution is 0.294. The van der Waals surface area contributed by atoms with Crippen molar-refractivity contribution < 1.29 is 0 Å². The van der Waals surface area contributed by atoms with Crippen LogP contribution in [0.25, 0.3) is 22.5 Å². The summed E-state index contributed by atoms with van der Waals surface area (Å²) >= 11 is 0. The molecule has 1 N–H and O–H groups in total. The van der Waals surface area contributed by atoms with Crippen molar-refractivity contribution in [2.24, 2.45) is 5.92 Å². The Morgan fingerprint density at radius 3 is 2.59 bits per heavy atom. The Hall–Kier alpha value is -3.55. The molecule has 8 heteroatoms. The predicted molar refractivity (Wildman–Crippen MR) is 145 cm³/mol. The third-order valence-corrected chi connectivity index (χ3v) is 7.84. The van der Waals surface area contributed by atoms with Crippen LogP contribution in [0.3, 0.4) is 0 Å². The van der Waals surface area contributed by atoms with Gasteiger partial charge in [0.05, 0.1) is 12.2 Å². The molecule has 194 valence electrons. The second-order valence-electron chi connectivity index (χ2n) is 10.2. The molecule has 2 atom stereocenters. The molecule has 1 aromatic carbocycles. The van der Waals surface area contributed by atoms with Gasteiger partial charge in [-0.2, -0.15) is 5.21 Å². The molecule has 37 heavy (non-hydrogen) atoms. The van der Waals surface area contributed by atoms with Gasteiger partial charge in [-0.1, -0.05) is 76.3 Å². The van der Waals surface area contributed by atoms with E-state index < -0.39 is 0 Å². The molecule has 5 rings (SSSR count). The van der Waals surface area contributed by atoms with Crippen molar-refractivity contribution in [3.05, 3.63) is 70.7 Å². The first-order valence-corrected chi connectivity index (χ1v) is 13.8. The zero-order valence-corrected chi connectivity index (χ0v) is 21.9. The maximum absolute atomic E-state index is 13.8. The number of aromatic amines is 1. The molecule has 1 saturated carbocycles. The standard InChI is InChI=1S/C29H37N7O/c1-3-5-12-24-20-36(27-15-8-6-7-11-21(27)4-2)29(37)35(24)19-23-17-16-22(18-30-23)25-13-9-10-14-26(25)28-31-33-34-32-28/h9-10,13-14,16-18,20-21,27H,3-8,11-12,15,19H2,1-2H3,(H,31,32,33,34).